The van der Waals surface area contributed by atoms with Crippen LogP contribution in [0.5, 0.6) is 0 Å². The molecule has 2 N–H and O–H groups in total. The van der Waals surface area contributed by atoms with Crippen LogP contribution in [0.3, 0.4) is 0 Å². The first-order valence-electron chi connectivity index (χ1n) is 5.54. The summed E-state index contributed by atoms with van der Waals surface area (Å²) in [5.74, 6) is -0.267. The van der Waals surface area contributed by atoms with E-state index >= 15 is 0 Å². The Bertz CT molecular complexity index is 612. The van der Waals surface area contributed by atoms with Gasteiger partial charge in [-0.3, -0.25) is 4.79 Å². The minimum absolute atomic E-state index is 0.267. The SMILES string of the molecule is CNc1nc(C)c(C(=O)NC(C#N)c2cccs2)s1. The molecule has 0 aliphatic carbocycles. The first-order chi connectivity index (χ1) is 9.15. The molecule has 2 aromatic rings. The summed E-state index contributed by atoms with van der Waals surface area (Å²) in [6.45, 7) is 1.78. The highest BCUT2D eigenvalue weighted by Crippen LogP contribution is 2.24. The van der Waals surface area contributed by atoms with Crippen LogP contribution in [0, 0.1) is 18.3 Å². The van der Waals surface area contributed by atoms with E-state index in [2.05, 4.69) is 21.7 Å². The van der Waals surface area contributed by atoms with E-state index in [1.807, 2.05) is 17.5 Å². The third-order valence-corrected chi connectivity index (χ3v) is 4.56. The third-order valence-electron chi connectivity index (χ3n) is 2.45. The molecule has 0 bridgehead atoms. The normalized spacial score (nSPS) is 11.6. The smallest absolute Gasteiger partial charge is 0.264 e. The predicted octanol–water partition coefficient (Wildman–Crippen LogP) is 2.55. The monoisotopic (exact) mass is 292 g/mol. The molecule has 0 saturated heterocycles. The van der Waals surface area contributed by atoms with Gasteiger partial charge in [-0.1, -0.05) is 17.4 Å². The fourth-order valence-electron chi connectivity index (χ4n) is 1.53. The van der Waals surface area contributed by atoms with Gasteiger partial charge in [0.15, 0.2) is 11.2 Å². The van der Waals surface area contributed by atoms with E-state index < -0.39 is 6.04 Å². The van der Waals surface area contributed by atoms with Crippen LogP contribution in [0.4, 0.5) is 5.13 Å². The molecular weight excluding hydrogens is 280 g/mol. The van der Waals surface area contributed by atoms with Gasteiger partial charge >= 0.3 is 0 Å². The first kappa shape index (κ1) is 13.5. The van der Waals surface area contributed by atoms with Crippen LogP contribution in [0.1, 0.15) is 26.3 Å². The Kier molecular flexibility index (Phi) is 4.14. The lowest BCUT2D eigenvalue weighted by atomic mass is 10.2. The van der Waals surface area contributed by atoms with Gasteiger partial charge in [-0.05, 0) is 18.4 Å². The maximum atomic E-state index is 12.1. The van der Waals surface area contributed by atoms with Crippen LogP contribution in [0.2, 0.25) is 0 Å². The van der Waals surface area contributed by atoms with Crippen LogP contribution in [0.15, 0.2) is 17.5 Å². The molecule has 1 amide bonds. The molecule has 5 nitrogen and oxygen atoms in total. The van der Waals surface area contributed by atoms with Gasteiger partial charge in [-0.15, -0.1) is 11.3 Å². The van der Waals surface area contributed by atoms with Gasteiger partial charge in [0.25, 0.3) is 5.91 Å². The molecular formula is C12H12N4OS2. The zero-order valence-electron chi connectivity index (χ0n) is 10.4. The summed E-state index contributed by atoms with van der Waals surface area (Å²) in [5, 5.41) is 17.3. The number of nitrogens with zero attached hydrogens (tertiary/aromatic N) is 2. The maximum absolute atomic E-state index is 12.1. The van der Waals surface area contributed by atoms with E-state index in [1.54, 1.807) is 14.0 Å². The number of amides is 1. The molecule has 2 heterocycles. The number of rotatable bonds is 4. The van der Waals surface area contributed by atoms with Crippen molar-refractivity contribution < 1.29 is 4.79 Å². The van der Waals surface area contributed by atoms with E-state index in [0.717, 1.165) is 4.88 Å². The fourth-order valence-corrected chi connectivity index (χ4v) is 3.08. The number of nitriles is 1. The van der Waals surface area contributed by atoms with E-state index in [-0.39, 0.29) is 5.91 Å². The maximum Gasteiger partial charge on any atom is 0.264 e. The van der Waals surface area contributed by atoms with Crippen molar-refractivity contribution >= 4 is 33.7 Å². The Morgan fingerprint density at radius 2 is 2.37 bits per heavy atom. The number of hydrogen-bond donors (Lipinski definition) is 2. The van der Waals surface area contributed by atoms with Crippen LogP contribution in [-0.4, -0.2) is 17.9 Å². The lowest BCUT2D eigenvalue weighted by Gasteiger charge is -2.08. The number of carbonyl (C=O) groups is 1. The number of aromatic nitrogens is 1. The number of thiophene rings is 1. The van der Waals surface area contributed by atoms with Crippen molar-refractivity contribution in [1.82, 2.24) is 10.3 Å². The lowest BCUT2D eigenvalue weighted by molar-refractivity contribution is 0.0949. The number of thiazole rings is 1. The van der Waals surface area contributed by atoms with Crippen molar-refractivity contribution in [2.24, 2.45) is 0 Å². The molecule has 2 aromatic heterocycles. The summed E-state index contributed by atoms with van der Waals surface area (Å²) in [6.07, 6.45) is 0. The van der Waals surface area contributed by atoms with Gasteiger partial charge in [-0.25, -0.2) is 4.98 Å². The van der Waals surface area contributed by atoms with Gasteiger partial charge < -0.3 is 10.6 Å². The molecule has 0 aliphatic heterocycles. The Hall–Kier alpha value is -1.91. The predicted molar refractivity (Wildman–Crippen MR) is 76.5 cm³/mol. The van der Waals surface area contributed by atoms with Crippen molar-refractivity contribution in [3.63, 3.8) is 0 Å². The van der Waals surface area contributed by atoms with Crippen LogP contribution in [0.25, 0.3) is 0 Å². The van der Waals surface area contributed by atoms with Gasteiger partial charge in [0.2, 0.25) is 0 Å². The highest BCUT2D eigenvalue weighted by molar-refractivity contribution is 7.17. The number of carbonyl (C=O) groups excluding carboxylic acids is 1. The van der Waals surface area contributed by atoms with Crippen molar-refractivity contribution in [3.05, 3.63) is 33.0 Å². The molecule has 2 rings (SSSR count). The average Bonchev–Trinajstić information content (AvgIpc) is 3.04. The Morgan fingerprint density at radius 3 is 2.89 bits per heavy atom. The van der Waals surface area contributed by atoms with Gasteiger partial charge in [0, 0.05) is 11.9 Å². The summed E-state index contributed by atoms with van der Waals surface area (Å²) < 4.78 is 0. The lowest BCUT2D eigenvalue weighted by Crippen LogP contribution is -2.26. The standard InChI is InChI=1S/C12H12N4OS2/c1-7-10(19-12(14-2)15-7)11(17)16-8(6-13)9-4-3-5-18-9/h3-5,8H,1-2H3,(H,14,15)(H,16,17). The van der Waals surface area contributed by atoms with Crippen molar-refractivity contribution in [1.29, 1.82) is 5.26 Å². The molecule has 98 valence electrons. The second kappa shape index (κ2) is 5.82. The van der Waals surface area contributed by atoms with Gasteiger partial charge in [0.1, 0.15) is 4.88 Å². The first-order valence-corrected chi connectivity index (χ1v) is 7.24. The van der Waals surface area contributed by atoms with E-state index in [0.29, 0.717) is 15.7 Å². The molecule has 0 aliphatic rings. The minimum Gasteiger partial charge on any atom is -0.365 e. The largest absolute Gasteiger partial charge is 0.365 e. The Balaban J connectivity index is 2.16. The average molecular weight is 292 g/mol. The molecule has 7 heteroatoms. The summed E-state index contributed by atoms with van der Waals surface area (Å²) in [6, 6.07) is 5.16. The number of anilines is 1. The van der Waals surface area contributed by atoms with E-state index in [9.17, 15) is 4.79 Å². The Morgan fingerprint density at radius 1 is 1.58 bits per heavy atom. The van der Waals surface area contributed by atoms with Crippen molar-refractivity contribution in [3.8, 4) is 6.07 Å². The molecule has 0 radical (unpaired) electrons. The molecule has 1 unspecified atom stereocenters. The van der Waals surface area contributed by atoms with Crippen molar-refractivity contribution in [2.45, 2.75) is 13.0 Å². The van der Waals surface area contributed by atoms with E-state index in [1.165, 1.54) is 22.7 Å². The van der Waals surface area contributed by atoms with E-state index in [4.69, 9.17) is 5.26 Å². The second-order valence-electron chi connectivity index (χ2n) is 3.73. The molecule has 0 aromatic carbocycles. The molecule has 1 atom stereocenters. The van der Waals surface area contributed by atoms with Crippen molar-refractivity contribution in [2.75, 3.05) is 12.4 Å². The highest BCUT2D eigenvalue weighted by Gasteiger charge is 2.20. The molecule has 0 spiro atoms. The van der Waals surface area contributed by atoms with Gasteiger partial charge in [0.05, 0.1) is 11.8 Å². The van der Waals surface area contributed by atoms with Crippen LogP contribution < -0.4 is 10.6 Å². The summed E-state index contributed by atoms with van der Waals surface area (Å²) in [4.78, 5) is 17.7. The number of aryl methyl sites for hydroxylation is 1. The zero-order chi connectivity index (χ0) is 13.8. The third kappa shape index (κ3) is 2.92. The Labute approximate surface area is 118 Å². The minimum atomic E-state index is -0.618. The summed E-state index contributed by atoms with van der Waals surface area (Å²) in [5.41, 5.74) is 0.662. The molecule has 0 saturated carbocycles. The highest BCUT2D eigenvalue weighted by atomic mass is 32.1. The summed E-state index contributed by atoms with van der Waals surface area (Å²) >= 11 is 2.72. The number of nitrogens with one attached hydrogen (secondary N) is 2. The second-order valence-corrected chi connectivity index (χ2v) is 5.71. The zero-order valence-corrected chi connectivity index (χ0v) is 12.1. The van der Waals surface area contributed by atoms with Gasteiger partial charge in [-0.2, -0.15) is 5.26 Å². The summed E-state index contributed by atoms with van der Waals surface area (Å²) in [7, 11) is 1.75. The van der Waals surface area contributed by atoms with Crippen LogP contribution >= 0.6 is 22.7 Å². The topological polar surface area (TPSA) is 77.8 Å². The van der Waals surface area contributed by atoms with Crippen LogP contribution in [-0.2, 0) is 0 Å². The quantitative estimate of drug-likeness (QED) is 0.907. The molecule has 19 heavy (non-hydrogen) atoms. The molecule has 0 fully saturated rings. The number of hydrogen-bond acceptors (Lipinski definition) is 6. The fraction of sp³-hybridized carbons (Fsp3) is 0.250.